The molecule has 1 atom stereocenters. The highest BCUT2D eigenvalue weighted by atomic mass is 35.5. The van der Waals surface area contributed by atoms with Gasteiger partial charge in [0.1, 0.15) is 5.82 Å². The number of benzene rings is 1. The molecule has 2 rings (SSSR count). The van der Waals surface area contributed by atoms with Gasteiger partial charge in [-0.3, -0.25) is 4.79 Å². The highest BCUT2D eigenvalue weighted by Gasteiger charge is 2.35. The number of amides is 1. The fraction of sp³-hybridized carbons (Fsp3) is 0.562. The van der Waals surface area contributed by atoms with Crippen molar-refractivity contribution < 1.29 is 13.9 Å². The van der Waals surface area contributed by atoms with E-state index in [1.807, 2.05) is 0 Å². The lowest BCUT2D eigenvalue weighted by molar-refractivity contribution is -0.128. The summed E-state index contributed by atoms with van der Waals surface area (Å²) in [6.45, 7) is 0.333. The van der Waals surface area contributed by atoms with Crippen LogP contribution in [0.25, 0.3) is 0 Å². The second-order valence-corrected chi connectivity index (χ2v) is 5.70. The Morgan fingerprint density at radius 1 is 1.32 bits per heavy atom. The van der Waals surface area contributed by atoms with Gasteiger partial charge < -0.3 is 15.8 Å². The number of methoxy groups -OCH3 is 1. The van der Waals surface area contributed by atoms with Gasteiger partial charge in [-0.2, -0.15) is 0 Å². The lowest BCUT2D eigenvalue weighted by Crippen LogP contribution is -2.55. The number of hydrogen-bond acceptors (Lipinski definition) is 3. The zero-order valence-corrected chi connectivity index (χ0v) is 13.6. The third-order valence-electron chi connectivity index (χ3n) is 4.17. The zero-order valence-electron chi connectivity index (χ0n) is 12.8. The number of nitrogens with two attached hydrogens (primary N) is 1. The molecule has 4 nitrogen and oxygen atoms in total. The van der Waals surface area contributed by atoms with Gasteiger partial charge in [-0.25, -0.2) is 4.39 Å². The lowest BCUT2D eigenvalue weighted by atomic mass is 9.82. The Morgan fingerprint density at radius 3 is 2.45 bits per heavy atom. The number of carbonyl (C=O) groups excluding carboxylic acids is 1. The normalized spacial score (nSPS) is 18.1. The summed E-state index contributed by atoms with van der Waals surface area (Å²) in [5, 5.41) is 2.87. The van der Waals surface area contributed by atoms with Gasteiger partial charge >= 0.3 is 0 Å². The van der Waals surface area contributed by atoms with Gasteiger partial charge in [0.25, 0.3) is 0 Å². The summed E-state index contributed by atoms with van der Waals surface area (Å²) < 4.78 is 18.3. The maximum atomic E-state index is 12.9. The van der Waals surface area contributed by atoms with E-state index >= 15 is 0 Å². The summed E-state index contributed by atoms with van der Waals surface area (Å²) in [7, 11) is 1.57. The van der Waals surface area contributed by atoms with Gasteiger partial charge in [0, 0.05) is 13.7 Å². The van der Waals surface area contributed by atoms with Crippen LogP contribution in [0.5, 0.6) is 0 Å². The quantitative estimate of drug-likeness (QED) is 0.872. The third kappa shape index (κ3) is 4.66. The van der Waals surface area contributed by atoms with Gasteiger partial charge in [0.2, 0.25) is 5.91 Å². The molecule has 0 saturated heterocycles. The molecule has 0 bridgehead atoms. The standard InChI is InChI=1S/C16H23FN2O2.ClH/c1-21-14(12-5-7-13(17)8-6-12)11-19-15(20)16(18)9-3-2-4-10-16;/h5-8,14H,2-4,9-11,18H2,1H3,(H,19,20);1H. The first-order valence-corrected chi connectivity index (χ1v) is 7.40. The van der Waals surface area contributed by atoms with Gasteiger partial charge in [-0.05, 0) is 30.5 Å². The fourth-order valence-electron chi connectivity index (χ4n) is 2.79. The predicted octanol–water partition coefficient (Wildman–Crippen LogP) is 2.71. The van der Waals surface area contributed by atoms with Crippen LogP contribution in [0, 0.1) is 5.82 Å². The maximum absolute atomic E-state index is 12.9. The first-order valence-electron chi connectivity index (χ1n) is 7.40. The highest BCUT2D eigenvalue weighted by molar-refractivity contribution is 5.86. The predicted molar refractivity (Wildman–Crippen MR) is 86.4 cm³/mol. The second kappa shape index (κ2) is 8.46. The molecule has 1 aromatic carbocycles. The SMILES string of the molecule is COC(CNC(=O)C1(N)CCCCC1)c1ccc(F)cc1.Cl. The van der Waals surface area contributed by atoms with Crippen LogP contribution in [0.2, 0.25) is 0 Å². The molecule has 0 aromatic heterocycles. The molecule has 0 spiro atoms. The average molecular weight is 331 g/mol. The van der Waals surface area contributed by atoms with Crippen LogP contribution < -0.4 is 11.1 Å². The van der Waals surface area contributed by atoms with Crippen molar-refractivity contribution in [3.05, 3.63) is 35.6 Å². The molecule has 6 heteroatoms. The molecule has 1 aliphatic carbocycles. The number of nitrogens with one attached hydrogen (secondary N) is 1. The third-order valence-corrected chi connectivity index (χ3v) is 4.17. The smallest absolute Gasteiger partial charge is 0.240 e. The Labute approximate surface area is 137 Å². The van der Waals surface area contributed by atoms with Crippen LogP contribution in [0.4, 0.5) is 4.39 Å². The fourth-order valence-corrected chi connectivity index (χ4v) is 2.79. The van der Waals surface area contributed by atoms with E-state index in [0.29, 0.717) is 6.54 Å². The molecule has 0 radical (unpaired) electrons. The van der Waals surface area contributed by atoms with Crippen LogP contribution in [-0.4, -0.2) is 25.1 Å². The highest BCUT2D eigenvalue weighted by Crippen LogP contribution is 2.26. The first-order chi connectivity index (χ1) is 10.0. The van der Waals surface area contributed by atoms with Crippen molar-refractivity contribution >= 4 is 18.3 Å². The van der Waals surface area contributed by atoms with E-state index in [1.54, 1.807) is 19.2 Å². The van der Waals surface area contributed by atoms with Gasteiger partial charge in [-0.1, -0.05) is 31.4 Å². The minimum Gasteiger partial charge on any atom is -0.375 e. The molecule has 124 valence electrons. The first kappa shape index (κ1) is 18.9. The van der Waals surface area contributed by atoms with E-state index in [0.717, 1.165) is 37.7 Å². The average Bonchev–Trinajstić information content (AvgIpc) is 2.50. The van der Waals surface area contributed by atoms with E-state index < -0.39 is 5.54 Å². The Morgan fingerprint density at radius 2 is 1.91 bits per heavy atom. The Balaban J connectivity index is 0.00000242. The Hall–Kier alpha value is -1.17. The number of hydrogen-bond donors (Lipinski definition) is 2. The van der Waals surface area contributed by atoms with Crippen molar-refractivity contribution in [2.75, 3.05) is 13.7 Å². The van der Waals surface area contributed by atoms with Crippen LogP contribution in [0.1, 0.15) is 43.8 Å². The lowest BCUT2D eigenvalue weighted by Gasteiger charge is -2.32. The van der Waals surface area contributed by atoms with Crippen molar-refractivity contribution in [3.8, 4) is 0 Å². The van der Waals surface area contributed by atoms with Crippen molar-refractivity contribution in [3.63, 3.8) is 0 Å². The van der Waals surface area contributed by atoms with Crippen LogP contribution in [0.15, 0.2) is 24.3 Å². The molecular weight excluding hydrogens is 307 g/mol. The van der Waals surface area contributed by atoms with E-state index in [9.17, 15) is 9.18 Å². The van der Waals surface area contributed by atoms with Crippen molar-refractivity contribution in [2.45, 2.75) is 43.7 Å². The number of rotatable bonds is 5. The van der Waals surface area contributed by atoms with E-state index in [4.69, 9.17) is 10.5 Å². The summed E-state index contributed by atoms with van der Waals surface area (Å²) in [6, 6.07) is 6.09. The van der Waals surface area contributed by atoms with E-state index in [2.05, 4.69) is 5.32 Å². The topological polar surface area (TPSA) is 64.3 Å². The van der Waals surface area contributed by atoms with Crippen molar-refractivity contribution in [1.82, 2.24) is 5.32 Å². The summed E-state index contributed by atoms with van der Waals surface area (Å²) in [5.41, 5.74) is 6.26. The molecule has 1 unspecified atom stereocenters. The second-order valence-electron chi connectivity index (χ2n) is 5.70. The summed E-state index contributed by atoms with van der Waals surface area (Å²) >= 11 is 0. The molecule has 1 amide bonds. The van der Waals surface area contributed by atoms with Gasteiger partial charge in [-0.15, -0.1) is 12.4 Å². The van der Waals surface area contributed by atoms with E-state index in [1.165, 1.54) is 12.1 Å². The number of halogens is 2. The van der Waals surface area contributed by atoms with Crippen LogP contribution in [-0.2, 0) is 9.53 Å². The van der Waals surface area contributed by atoms with Crippen molar-refractivity contribution in [1.29, 1.82) is 0 Å². The molecule has 0 heterocycles. The molecule has 1 fully saturated rings. The molecular formula is C16H24ClFN2O2. The molecule has 3 N–H and O–H groups in total. The molecule has 22 heavy (non-hydrogen) atoms. The van der Waals surface area contributed by atoms with Gasteiger partial charge in [0.05, 0.1) is 11.6 Å². The monoisotopic (exact) mass is 330 g/mol. The Bertz CT molecular complexity index is 476. The minimum atomic E-state index is -0.751. The van der Waals surface area contributed by atoms with E-state index in [-0.39, 0.29) is 30.2 Å². The van der Waals surface area contributed by atoms with Crippen molar-refractivity contribution in [2.24, 2.45) is 5.73 Å². The summed E-state index contributed by atoms with van der Waals surface area (Å²) in [5.74, 6) is -0.410. The summed E-state index contributed by atoms with van der Waals surface area (Å²) in [4.78, 5) is 12.3. The van der Waals surface area contributed by atoms with Gasteiger partial charge in [0.15, 0.2) is 0 Å². The Kier molecular flexibility index (Phi) is 7.26. The molecule has 0 aliphatic heterocycles. The summed E-state index contributed by atoms with van der Waals surface area (Å²) in [6.07, 6.45) is 4.29. The molecule has 1 saturated carbocycles. The maximum Gasteiger partial charge on any atom is 0.240 e. The number of carbonyl (C=O) groups is 1. The molecule has 1 aromatic rings. The molecule has 1 aliphatic rings. The largest absolute Gasteiger partial charge is 0.375 e. The van der Waals surface area contributed by atoms with Crippen LogP contribution in [0.3, 0.4) is 0 Å². The van der Waals surface area contributed by atoms with Crippen LogP contribution >= 0.6 is 12.4 Å². The minimum absolute atomic E-state index is 0. The number of ether oxygens (including phenoxy) is 1. The zero-order chi connectivity index (χ0) is 15.3.